The fourth-order valence-corrected chi connectivity index (χ4v) is 1.60. The zero-order valence-electron chi connectivity index (χ0n) is 8.13. The van der Waals surface area contributed by atoms with Gasteiger partial charge in [0, 0.05) is 10.9 Å². The minimum absolute atomic E-state index is 0.251. The van der Waals surface area contributed by atoms with E-state index in [1.165, 1.54) is 0 Å². The molecule has 0 heterocycles. The second kappa shape index (κ2) is 5.32. The molecule has 1 nitrogen and oxygen atoms in total. The van der Waals surface area contributed by atoms with Gasteiger partial charge in [-0.25, -0.2) is 0 Å². The third kappa shape index (κ3) is 3.27. The minimum atomic E-state index is -2.34. The van der Waals surface area contributed by atoms with Crippen molar-refractivity contribution in [3.63, 3.8) is 0 Å². The molecule has 1 N–H and O–H groups in total. The van der Waals surface area contributed by atoms with Gasteiger partial charge in [-0.1, -0.05) is 23.9 Å². The molecular weight excluding hydrogens is 204 g/mol. The van der Waals surface area contributed by atoms with Gasteiger partial charge in [0.05, 0.1) is 0 Å². The Labute approximate surface area is 86.9 Å². The molecule has 0 aromatic heterocycles. The Kier molecular flexibility index (Phi) is 4.35. The van der Waals surface area contributed by atoms with Gasteiger partial charge in [-0.15, -0.1) is 0 Å². The van der Waals surface area contributed by atoms with Gasteiger partial charge in [0.25, 0.3) is 5.76 Å². The maximum Gasteiger partial charge on any atom is 0.288 e. The fraction of sp³-hybridized carbons (Fsp3) is 0.400. The topological polar surface area (TPSA) is 12.0 Å². The van der Waals surface area contributed by atoms with Crippen LogP contribution in [-0.2, 0) is 0 Å². The number of nitrogens with one attached hydrogen (secondary N) is 1. The quantitative estimate of drug-likeness (QED) is 0.777. The van der Waals surface area contributed by atoms with Crippen LogP contribution in [0.2, 0.25) is 0 Å². The molecule has 0 saturated heterocycles. The van der Waals surface area contributed by atoms with E-state index in [0.29, 0.717) is 16.7 Å². The Morgan fingerprint density at radius 2 is 1.79 bits per heavy atom. The number of rotatable bonds is 4. The highest BCUT2D eigenvalue weighted by molar-refractivity contribution is 7.99. The highest BCUT2D eigenvalue weighted by Gasteiger charge is 2.06. The molecule has 0 aliphatic rings. The van der Waals surface area contributed by atoms with Crippen LogP contribution in [0.15, 0.2) is 29.2 Å². The lowest BCUT2D eigenvalue weighted by molar-refractivity contribution is 0.252. The summed E-state index contributed by atoms with van der Waals surface area (Å²) in [6.07, 6.45) is 0. The Morgan fingerprint density at radius 1 is 1.21 bits per heavy atom. The summed E-state index contributed by atoms with van der Waals surface area (Å²) in [5.41, 5.74) is 1.10. The van der Waals surface area contributed by atoms with E-state index in [4.69, 9.17) is 0 Å². The summed E-state index contributed by atoms with van der Waals surface area (Å²) in [6, 6.07) is 7.43. The van der Waals surface area contributed by atoms with Crippen LogP contribution in [0.4, 0.5) is 8.78 Å². The van der Waals surface area contributed by atoms with Gasteiger partial charge in [0.15, 0.2) is 0 Å². The summed E-state index contributed by atoms with van der Waals surface area (Å²) in [5, 5.41) is 3.09. The summed E-state index contributed by atoms with van der Waals surface area (Å²) < 4.78 is 24.0. The summed E-state index contributed by atoms with van der Waals surface area (Å²) in [6.45, 7) is 2.02. The summed E-state index contributed by atoms with van der Waals surface area (Å²) >= 11 is 0.573. The maximum atomic E-state index is 12.0. The molecule has 0 aliphatic heterocycles. The first-order chi connectivity index (χ1) is 6.63. The third-order valence-corrected chi connectivity index (χ3v) is 2.76. The normalized spacial score (nSPS) is 13.2. The van der Waals surface area contributed by atoms with Gasteiger partial charge in [0.1, 0.15) is 0 Å². The van der Waals surface area contributed by atoms with E-state index in [1.54, 1.807) is 12.1 Å². The van der Waals surface area contributed by atoms with Crippen molar-refractivity contribution < 1.29 is 8.78 Å². The van der Waals surface area contributed by atoms with Crippen LogP contribution in [-0.4, -0.2) is 12.8 Å². The number of hydrogen-bond donors (Lipinski definition) is 1. The molecule has 1 rings (SSSR count). The number of thioether (sulfide) groups is 1. The number of halogens is 2. The first kappa shape index (κ1) is 11.5. The van der Waals surface area contributed by atoms with Crippen molar-refractivity contribution in [1.29, 1.82) is 0 Å². The molecule has 1 aromatic rings. The van der Waals surface area contributed by atoms with Crippen LogP contribution >= 0.6 is 11.8 Å². The van der Waals surface area contributed by atoms with E-state index in [1.807, 2.05) is 26.1 Å². The van der Waals surface area contributed by atoms with Crippen LogP contribution in [0.5, 0.6) is 0 Å². The minimum Gasteiger partial charge on any atom is -0.313 e. The van der Waals surface area contributed by atoms with Gasteiger partial charge in [-0.3, -0.25) is 0 Å². The van der Waals surface area contributed by atoms with Crippen LogP contribution < -0.4 is 5.32 Å². The van der Waals surface area contributed by atoms with Gasteiger partial charge in [0.2, 0.25) is 0 Å². The van der Waals surface area contributed by atoms with E-state index in [0.717, 1.165) is 5.56 Å². The Hall–Kier alpha value is -0.610. The summed E-state index contributed by atoms with van der Waals surface area (Å²) in [5.74, 6) is -2.34. The van der Waals surface area contributed by atoms with Crippen LogP contribution in [0.25, 0.3) is 0 Å². The second-order valence-corrected chi connectivity index (χ2v) is 4.02. The Morgan fingerprint density at radius 3 is 2.21 bits per heavy atom. The molecule has 4 heteroatoms. The lowest BCUT2D eigenvalue weighted by Gasteiger charge is -2.10. The van der Waals surface area contributed by atoms with E-state index >= 15 is 0 Å². The lowest BCUT2D eigenvalue weighted by Crippen LogP contribution is -2.11. The van der Waals surface area contributed by atoms with E-state index in [2.05, 4.69) is 5.32 Å². The SMILES string of the molecule is CNC(C)c1ccc(SC(F)F)cc1. The van der Waals surface area contributed by atoms with Crippen LogP contribution in [0, 0.1) is 0 Å². The predicted octanol–water partition coefficient (Wildman–Crippen LogP) is 3.28. The molecule has 0 bridgehead atoms. The highest BCUT2D eigenvalue weighted by atomic mass is 32.2. The lowest BCUT2D eigenvalue weighted by atomic mass is 10.1. The van der Waals surface area contributed by atoms with Gasteiger partial charge in [-0.05, 0) is 31.7 Å². The van der Waals surface area contributed by atoms with Gasteiger partial charge < -0.3 is 5.32 Å². The van der Waals surface area contributed by atoms with Crippen molar-refractivity contribution in [3.8, 4) is 0 Å². The number of hydrogen-bond acceptors (Lipinski definition) is 2. The molecular formula is C10H13F2NS. The van der Waals surface area contributed by atoms with Crippen molar-refractivity contribution in [3.05, 3.63) is 29.8 Å². The second-order valence-electron chi connectivity index (χ2n) is 2.96. The average Bonchev–Trinajstić information content (AvgIpc) is 2.17. The van der Waals surface area contributed by atoms with Gasteiger partial charge >= 0.3 is 0 Å². The standard InChI is InChI=1S/C10H13F2NS/c1-7(13-2)8-3-5-9(6-4-8)14-10(11)12/h3-7,10,13H,1-2H3. The molecule has 0 radical (unpaired) electrons. The van der Waals surface area contributed by atoms with Crippen molar-refractivity contribution in [2.45, 2.75) is 23.6 Å². The first-order valence-corrected chi connectivity index (χ1v) is 5.23. The van der Waals surface area contributed by atoms with E-state index in [-0.39, 0.29) is 6.04 Å². The molecule has 1 aromatic carbocycles. The summed E-state index contributed by atoms with van der Waals surface area (Å²) in [7, 11) is 1.87. The number of benzene rings is 1. The molecule has 1 atom stereocenters. The Bertz CT molecular complexity index is 274. The Balaban J connectivity index is 2.68. The smallest absolute Gasteiger partial charge is 0.288 e. The first-order valence-electron chi connectivity index (χ1n) is 4.35. The van der Waals surface area contributed by atoms with E-state index in [9.17, 15) is 8.78 Å². The van der Waals surface area contributed by atoms with E-state index < -0.39 is 5.76 Å². The highest BCUT2D eigenvalue weighted by Crippen LogP contribution is 2.26. The molecule has 78 valence electrons. The monoisotopic (exact) mass is 217 g/mol. The predicted molar refractivity (Wildman–Crippen MR) is 55.8 cm³/mol. The molecule has 14 heavy (non-hydrogen) atoms. The van der Waals surface area contributed by atoms with Crippen molar-refractivity contribution >= 4 is 11.8 Å². The molecule has 0 fully saturated rings. The molecule has 0 aliphatic carbocycles. The molecule has 1 unspecified atom stereocenters. The third-order valence-electron chi connectivity index (χ3n) is 2.04. The fourth-order valence-electron chi connectivity index (χ4n) is 1.10. The maximum absolute atomic E-state index is 12.0. The van der Waals surface area contributed by atoms with Crippen molar-refractivity contribution in [2.75, 3.05) is 7.05 Å². The largest absolute Gasteiger partial charge is 0.313 e. The van der Waals surface area contributed by atoms with Crippen molar-refractivity contribution in [2.24, 2.45) is 0 Å². The molecule has 0 amide bonds. The zero-order chi connectivity index (χ0) is 10.6. The molecule has 0 saturated carbocycles. The van der Waals surface area contributed by atoms with Crippen molar-refractivity contribution in [1.82, 2.24) is 5.32 Å². The van der Waals surface area contributed by atoms with Gasteiger partial charge in [-0.2, -0.15) is 8.78 Å². The summed E-state index contributed by atoms with van der Waals surface area (Å²) in [4.78, 5) is 0.604. The average molecular weight is 217 g/mol. The van der Waals surface area contributed by atoms with Crippen LogP contribution in [0.3, 0.4) is 0 Å². The zero-order valence-corrected chi connectivity index (χ0v) is 8.94. The molecule has 0 spiro atoms. The van der Waals surface area contributed by atoms with Crippen LogP contribution in [0.1, 0.15) is 18.5 Å². The number of alkyl halides is 2.